The molecule has 170 valence electrons. The van der Waals surface area contributed by atoms with E-state index in [1.807, 2.05) is 11.5 Å². The quantitative estimate of drug-likeness (QED) is 0.457. The number of aryl methyl sites for hydroxylation is 1. The van der Waals surface area contributed by atoms with Crippen molar-refractivity contribution in [2.75, 3.05) is 31.7 Å². The number of pyridine rings is 1. The van der Waals surface area contributed by atoms with Crippen molar-refractivity contribution in [2.45, 2.75) is 50.5 Å². The van der Waals surface area contributed by atoms with Crippen LogP contribution in [0, 0.1) is 0 Å². The third-order valence-corrected chi connectivity index (χ3v) is 5.90. The van der Waals surface area contributed by atoms with Gasteiger partial charge in [-0.15, -0.1) is 0 Å². The Bertz CT molecular complexity index is 924. The largest absolute Gasteiger partial charge is 0.483 e. The highest BCUT2D eigenvalue weighted by Crippen LogP contribution is 2.37. The van der Waals surface area contributed by atoms with Crippen molar-refractivity contribution in [1.82, 2.24) is 14.5 Å². The summed E-state index contributed by atoms with van der Waals surface area (Å²) in [5.74, 6) is 0.344. The van der Waals surface area contributed by atoms with Crippen LogP contribution in [0.5, 0.6) is 0 Å². The maximum Gasteiger partial charge on any atom is 0.339 e. The van der Waals surface area contributed by atoms with E-state index in [0.29, 0.717) is 56.6 Å². The molecule has 0 saturated carbocycles. The zero-order chi connectivity index (χ0) is 22.6. The number of carboxylic acid groups (broad SMARTS) is 1. The summed E-state index contributed by atoms with van der Waals surface area (Å²) in [5.41, 5.74) is 1.04. The molecule has 2 aromatic heterocycles. The first-order valence-corrected chi connectivity index (χ1v) is 10.2. The first kappa shape index (κ1) is 22.9. The standard InChI is InChI=1S/C19H26N4O5.CH2O2/c1-3-23-16-13(10-12(11-20-16)17(26)27-2)21-18(23)22-7-5-19(6-8-22)15(25)14(24)4-9-28-19;2-1-3/h10-11,14-15,24-25H,3-9H2,1-2H3;1H,(H,2,3)/t14-,15-;/m0./s1. The molecule has 0 bridgehead atoms. The minimum Gasteiger partial charge on any atom is -0.483 e. The molecule has 4 heterocycles. The Morgan fingerprint density at radius 1 is 1.39 bits per heavy atom. The van der Waals surface area contributed by atoms with E-state index in [2.05, 4.69) is 9.88 Å². The maximum atomic E-state index is 11.8. The number of imidazole rings is 1. The molecule has 11 heteroatoms. The van der Waals surface area contributed by atoms with E-state index in [1.54, 1.807) is 6.07 Å². The van der Waals surface area contributed by atoms with E-state index in [0.717, 1.165) is 11.6 Å². The van der Waals surface area contributed by atoms with Crippen LogP contribution < -0.4 is 4.90 Å². The number of methoxy groups -OCH3 is 1. The average Bonchev–Trinajstić information content (AvgIpc) is 3.15. The fraction of sp³-hybridized carbons (Fsp3) is 0.600. The van der Waals surface area contributed by atoms with Crippen LogP contribution in [0.3, 0.4) is 0 Å². The number of hydrogen-bond acceptors (Lipinski definition) is 9. The number of anilines is 1. The second kappa shape index (κ2) is 9.58. The number of rotatable bonds is 3. The first-order chi connectivity index (χ1) is 14.9. The van der Waals surface area contributed by atoms with Gasteiger partial charge in [0.15, 0.2) is 5.65 Å². The van der Waals surface area contributed by atoms with Gasteiger partial charge in [-0.2, -0.15) is 0 Å². The lowest BCUT2D eigenvalue weighted by Crippen LogP contribution is -2.60. The van der Waals surface area contributed by atoms with Crippen molar-refractivity contribution >= 4 is 29.6 Å². The molecule has 2 fully saturated rings. The monoisotopic (exact) mass is 436 g/mol. The number of piperidine rings is 1. The molecule has 2 aliphatic heterocycles. The highest BCUT2D eigenvalue weighted by Gasteiger charge is 2.48. The second-order valence-electron chi connectivity index (χ2n) is 7.52. The van der Waals surface area contributed by atoms with Gasteiger partial charge in [-0.05, 0) is 32.3 Å². The molecular formula is C20H28N4O7. The van der Waals surface area contributed by atoms with Crippen LogP contribution in [0.25, 0.3) is 11.2 Å². The van der Waals surface area contributed by atoms with Gasteiger partial charge in [0.1, 0.15) is 11.6 Å². The van der Waals surface area contributed by atoms with Crippen LogP contribution in [0.15, 0.2) is 12.3 Å². The maximum absolute atomic E-state index is 11.8. The summed E-state index contributed by atoms with van der Waals surface area (Å²) >= 11 is 0. The predicted octanol–water partition coefficient (Wildman–Crippen LogP) is 0.420. The van der Waals surface area contributed by atoms with Crippen molar-refractivity contribution in [3.8, 4) is 0 Å². The van der Waals surface area contributed by atoms with Crippen LogP contribution in [0.2, 0.25) is 0 Å². The van der Waals surface area contributed by atoms with Gasteiger partial charge in [0.05, 0.1) is 31.0 Å². The lowest BCUT2D eigenvalue weighted by atomic mass is 9.81. The fourth-order valence-corrected chi connectivity index (χ4v) is 4.26. The number of fused-ring (bicyclic) bond motifs is 1. The SMILES string of the molecule is CCn1c(N2CCC3(CC2)OCC[C@H](O)[C@@H]3O)nc2cc(C(=O)OC)cnc21.O=CO. The predicted molar refractivity (Wildman–Crippen MR) is 110 cm³/mol. The number of carbonyl (C=O) groups is 2. The highest BCUT2D eigenvalue weighted by atomic mass is 16.5. The normalized spacial score (nSPS) is 22.6. The smallest absolute Gasteiger partial charge is 0.339 e. The molecule has 2 aliphatic rings. The van der Waals surface area contributed by atoms with Gasteiger partial charge in [-0.25, -0.2) is 14.8 Å². The number of aromatic nitrogens is 3. The number of nitrogens with zero attached hydrogens (tertiary/aromatic N) is 4. The molecule has 0 aliphatic carbocycles. The molecule has 0 unspecified atom stereocenters. The van der Waals surface area contributed by atoms with Crippen molar-refractivity contribution in [3.63, 3.8) is 0 Å². The number of aliphatic hydroxyl groups is 2. The molecule has 0 aromatic carbocycles. The van der Waals surface area contributed by atoms with Crippen molar-refractivity contribution in [3.05, 3.63) is 17.8 Å². The molecular weight excluding hydrogens is 408 g/mol. The van der Waals surface area contributed by atoms with Crippen molar-refractivity contribution in [1.29, 1.82) is 0 Å². The van der Waals surface area contributed by atoms with Crippen LogP contribution in [-0.2, 0) is 20.8 Å². The molecule has 1 spiro atoms. The summed E-state index contributed by atoms with van der Waals surface area (Å²) in [7, 11) is 1.34. The summed E-state index contributed by atoms with van der Waals surface area (Å²) in [6.07, 6.45) is 1.59. The number of carbonyl (C=O) groups excluding carboxylic acids is 1. The third-order valence-electron chi connectivity index (χ3n) is 5.90. The van der Waals surface area contributed by atoms with E-state index in [4.69, 9.17) is 24.4 Å². The zero-order valence-electron chi connectivity index (χ0n) is 17.6. The Hall–Kier alpha value is -2.76. The van der Waals surface area contributed by atoms with E-state index < -0.39 is 23.8 Å². The van der Waals surface area contributed by atoms with Gasteiger partial charge in [0, 0.05) is 25.8 Å². The number of hydrogen-bond donors (Lipinski definition) is 3. The van der Waals surface area contributed by atoms with Crippen LogP contribution in [0.1, 0.15) is 36.5 Å². The average molecular weight is 436 g/mol. The molecule has 31 heavy (non-hydrogen) atoms. The van der Waals surface area contributed by atoms with Gasteiger partial charge in [0.2, 0.25) is 5.95 Å². The Labute approximate surface area is 179 Å². The number of ether oxygens (including phenoxy) is 2. The van der Waals surface area contributed by atoms with Gasteiger partial charge >= 0.3 is 5.97 Å². The van der Waals surface area contributed by atoms with Gasteiger partial charge in [-0.1, -0.05) is 0 Å². The molecule has 0 amide bonds. The molecule has 2 aromatic rings. The summed E-state index contributed by atoms with van der Waals surface area (Å²) in [6, 6.07) is 1.69. The van der Waals surface area contributed by atoms with Gasteiger partial charge in [0.25, 0.3) is 6.47 Å². The summed E-state index contributed by atoms with van der Waals surface area (Å²) in [5, 5.41) is 27.4. The number of esters is 1. The van der Waals surface area contributed by atoms with Crippen LogP contribution in [0.4, 0.5) is 5.95 Å². The molecule has 3 N–H and O–H groups in total. The van der Waals surface area contributed by atoms with E-state index in [1.165, 1.54) is 13.3 Å². The van der Waals surface area contributed by atoms with Crippen molar-refractivity contribution < 1.29 is 34.4 Å². The Balaban J connectivity index is 0.000000858. The number of aliphatic hydroxyl groups excluding tert-OH is 2. The summed E-state index contributed by atoms with van der Waals surface area (Å²) in [4.78, 5) is 31.4. The minimum atomic E-state index is -0.863. The highest BCUT2D eigenvalue weighted by molar-refractivity contribution is 5.92. The summed E-state index contributed by atoms with van der Waals surface area (Å²) < 4.78 is 12.7. The van der Waals surface area contributed by atoms with Gasteiger partial charge < -0.3 is 29.7 Å². The topological polar surface area (TPSA) is 147 Å². The second-order valence-corrected chi connectivity index (χ2v) is 7.52. The fourth-order valence-electron chi connectivity index (χ4n) is 4.26. The molecule has 4 rings (SSSR count). The van der Waals surface area contributed by atoms with Crippen LogP contribution >= 0.6 is 0 Å². The third kappa shape index (κ3) is 4.34. The summed E-state index contributed by atoms with van der Waals surface area (Å²) in [6.45, 7) is 4.23. The minimum absolute atomic E-state index is 0.250. The first-order valence-electron chi connectivity index (χ1n) is 10.2. The Morgan fingerprint density at radius 3 is 2.68 bits per heavy atom. The van der Waals surface area contributed by atoms with E-state index in [-0.39, 0.29) is 6.47 Å². The lowest BCUT2D eigenvalue weighted by molar-refractivity contribution is -0.205. The molecule has 0 radical (unpaired) electrons. The van der Waals surface area contributed by atoms with E-state index in [9.17, 15) is 15.0 Å². The molecule has 2 saturated heterocycles. The Morgan fingerprint density at radius 2 is 2.06 bits per heavy atom. The molecule has 11 nitrogen and oxygen atoms in total. The van der Waals surface area contributed by atoms with Gasteiger partial charge in [-0.3, -0.25) is 9.36 Å². The molecule has 2 atom stereocenters. The zero-order valence-corrected chi connectivity index (χ0v) is 17.6. The van der Waals surface area contributed by atoms with E-state index >= 15 is 0 Å². The van der Waals surface area contributed by atoms with Crippen LogP contribution in [-0.4, -0.2) is 86.9 Å². The van der Waals surface area contributed by atoms with Crippen molar-refractivity contribution in [2.24, 2.45) is 0 Å². The lowest BCUT2D eigenvalue weighted by Gasteiger charge is -2.48. The Kier molecular flexibility index (Phi) is 7.08.